The Bertz CT molecular complexity index is 614. The van der Waals surface area contributed by atoms with Crippen LogP contribution in [0.3, 0.4) is 0 Å². The van der Waals surface area contributed by atoms with Gasteiger partial charge in [0, 0.05) is 20.1 Å². The van der Waals surface area contributed by atoms with Crippen LogP contribution in [0.2, 0.25) is 0 Å². The summed E-state index contributed by atoms with van der Waals surface area (Å²) in [7, 11) is 2.80. The van der Waals surface area contributed by atoms with Gasteiger partial charge in [0.1, 0.15) is 0 Å². The van der Waals surface area contributed by atoms with E-state index in [1.807, 2.05) is 0 Å². The summed E-state index contributed by atoms with van der Waals surface area (Å²) in [5.41, 5.74) is -1.06. The van der Waals surface area contributed by atoms with Gasteiger partial charge in [-0.25, -0.2) is 9.48 Å². The van der Waals surface area contributed by atoms with Crippen LogP contribution in [0.5, 0.6) is 0 Å². The first-order valence-electron chi connectivity index (χ1n) is 6.03. The van der Waals surface area contributed by atoms with Gasteiger partial charge in [-0.3, -0.25) is 14.2 Å². The van der Waals surface area contributed by atoms with Crippen LogP contribution in [0.1, 0.15) is 19.3 Å². The highest BCUT2D eigenvalue weighted by atomic mass is 16.4. The number of rotatable bonds is 5. The van der Waals surface area contributed by atoms with Gasteiger partial charge < -0.3 is 10.4 Å². The maximum atomic E-state index is 11.9. The third kappa shape index (κ3) is 2.83. The lowest BCUT2D eigenvalue weighted by molar-refractivity contribution is -0.137. The Morgan fingerprint density at radius 1 is 1.47 bits per heavy atom. The predicted molar refractivity (Wildman–Crippen MR) is 67.1 cm³/mol. The molecule has 1 fully saturated rings. The minimum Gasteiger partial charge on any atom is -0.481 e. The molecule has 0 amide bonds. The monoisotopic (exact) mass is 268 g/mol. The molecule has 1 heterocycles. The van der Waals surface area contributed by atoms with E-state index >= 15 is 0 Å². The normalized spacial score (nSPS) is 16.1. The van der Waals surface area contributed by atoms with Crippen LogP contribution < -0.4 is 16.6 Å². The number of carbonyl (C=O) groups is 1. The highest BCUT2D eigenvalue weighted by Crippen LogP contribution is 2.35. The van der Waals surface area contributed by atoms with E-state index in [1.165, 1.54) is 14.1 Å². The summed E-state index contributed by atoms with van der Waals surface area (Å²) in [5.74, 6) is -0.659. The van der Waals surface area contributed by atoms with Gasteiger partial charge >= 0.3 is 11.7 Å². The minimum absolute atomic E-state index is 0.0164. The summed E-state index contributed by atoms with van der Waals surface area (Å²) in [4.78, 5) is 34.2. The zero-order valence-electron chi connectivity index (χ0n) is 10.8. The standard InChI is InChI=1S/C11H16N4O4/c1-14-10(18)9(13-15(2)11(14)19)12-7(5-8(16)17)6-3-4-6/h6-7H,3-5H2,1-2H3,(H,12,13)(H,16,17). The number of hydrogen-bond donors (Lipinski definition) is 2. The molecule has 1 saturated carbocycles. The van der Waals surface area contributed by atoms with E-state index in [2.05, 4.69) is 10.4 Å². The van der Waals surface area contributed by atoms with Crippen LogP contribution in [0.15, 0.2) is 9.59 Å². The number of carboxylic acid groups (broad SMARTS) is 1. The van der Waals surface area contributed by atoms with Gasteiger partial charge in [0.15, 0.2) is 0 Å². The Hall–Kier alpha value is -2.12. The minimum atomic E-state index is -0.925. The van der Waals surface area contributed by atoms with Gasteiger partial charge in [-0.1, -0.05) is 0 Å². The Labute approximate surface area is 108 Å². The molecule has 0 spiro atoms. The molecule has 2 rings (SSSR count). The average molecular weight is 268 g/mol. The first-order chi connectivity index (χ1) is 8.90. The second-order valence-electron chi connectivity index (χ2n) is 4.81. The maximum Gasteiger partial charge on any atom is 0.346 e. The number of nitrogens with zero attached hydrogens (tertiary/aromatic N) is 3. The van der Waals surface area contributed by atoms with Crippen molar-refractivity contribution >= 4 is 11.8 Å². The summed E-state index contributed by atoms with van der Waals surface area (Å²) in [5, 5.41) is 15.6. The van der Waals surface area contributed by atoms with Gasteiger partial charge in [-0.15, -0.1) is 5.10 Å². The van der Waals surface area contributed by atoms with E-state index in [0.29, 0.717) is 0 Å². The zero-order chi connectivity index (χ0) is 14.2. The van der Waals surface area contributed by atoms with E-state index in [4.69, 9.17) is 5.11 Å². The number of aryl methyl sites for hydroxylation is 1. The van der Waals surface area contributed by atoms with E-state index in [-0.39, 0.29) is 24.2 Å². The molecule has 2 N–H and O–H groups in total. The van der Waals surface area contributed by atoms with Gasteiger partial charge in [0.2, 0.25) is 5.82 Å². The summed E-state index contributed by atoms with van der Waals surface area (Å²) < 4.78 is 1.99. The van der Waals surface area contributed by atoms with Gasteiger partial charge in [-0.2, -0.15) is 0 Å². The third-order valence-corrected chi connectivity index (χ3v) is 3.23. The Kier molecular flexibility index (Phi) is 3.41. The van der Waals surface area contributed by atoms with Crippen LogP contribution in [0, 0.1) is 5.92 Å². The van der Waals surface area contributed by atoms with E-state index in [1.54, 1.807) is 0 Å². The van der Waals surface area contributed by atoms with Crippen molar-refractivity contribution in [3.05, 3.63) is 20.8 Å². The topological polar surface area (TPSA) is 106 Å². The molecule has 0 aromatic carbocycles. The number of anilines is 1. The van der Waals surface area contributed by atoms with Gasteiger partial charge in [0.25, 0.3) is 5.56 Å². The summed E-state index contributed by atoms with van der Waals surface area (Å²) in [6.07, 6.45) is 1.81. The largest absolute Gasteiger partial charge is 0.481 e. The molecule has 1 aromatic rings. The highest BCUT2D eigenvalue weighted by Gasteiger charge is 2.33. The molecular weight excluding hydrogens is 252 g/mol. The molecule has 1 aliphatic carbocycles. The first-order valence-corrected chi connectivity index (χ1v) is 6.03. The molecular formula is C11H16N4O4. The Morgan fingerprint density at radius 3 is 2.63 bits per heavy atom. The predicted octanol–water partition coefficient (Wildman–Crippen LogP) is -0.856. The molecule has 0 aliphatic heterocycles. The summed E-state index contributed by atoms with van der Waals surface area (Å²) >= 11 is 0. The molecule has 0 radical (unpaired) electrons. The number of hydrogen-bond acceptors (Lipinski definition) is 5. The average Bonchev–Trinajstić information content (AvgIpc) is 3.16. The molecule has 1 aromatic heterocycles. The van der Waals surface area contributed by atoms with Gasteiger partial charge in [0.05, 0.1) is 6.42 Å². The SMILES string of the molecule is Cn1nc(NC(CC(=O)O)C2CC2)c(=O)n(C)c1=O. The third-order valence-electron chi connectivity index (χ3n) is 3.23. The summed E-state index contributed by atoms with van der Waals surface area (Å²) in [6.45, 7) is 0. The lowest BCUT2D eigenvalue weighted by atomic mass is 10.1. The van der Waals surface area contributed by atoms with Crippen molar-refractivity contribution in [3.8, 4) is 0 Å². The molecule has 1 atom stereocenters. The molecule has 104 valence electrons. The van der Waals surface area contributed by atoms with Crippen LogP contribution >= 0.6 is 0 Å². The van der Waals surface area contributed by atoms with Crippen molar-refractivity contribution in [2.45, 2.75) is 25.3 Å². The molecule has 1 aliphatic rings. The molecule has 19 heavy (non-hydrogen) atoms. The van der Waals surface area contributed by atoms with Crippen molar-refractivity contribution in [2.24, 2.45) is 20.0 Å². The quantitative estimate of drug-likeness (QED) is 0.720. The second-order valence-corrected chi connectivity index (χ2v) is 4.81. The van der Waals surface area contributed by atoms with Crippen LogP contribution in [-0.4, -0.2) is 31.5 Å². The molecule has 8 nitrogen and oxygen atoms in total. The maximum absolute atomic E-state index is 11.9. The Balaban J connectivity index is 2.29. The molecule has 8 heteroatoms. The van der Waals surface area contributed by atoms with Crippen molar-refractivity contribution in [3.63, 3.8) is 0 Å². The van der Waals surface area contributed by atoms with Crippen molar-refractivity contribution < 1.29 is 9.90 Å². The Morgan fingerprint density at radius 2 is 2.11 bits per heavy atom. The van der Waals surface area contributed by atoms with E-state index in [0.717, 1.165) is 22.1 Å². The van der Waals surface area contributed by atoms with Gasteiger partial charge in [-0.05, 0) is 18.8 Å². The highest BCUT2D eigenvalue weighted by molar-refractivity contribution is 5.68. The van der Waals surface area contributed by atoms with E-state index in [9.17, 15) is 14.4 Å². The number of aromatic nitrogens is 3. The van der Waals surface area contributed by atoms with E-state index < -0.39 is 17.2 Å². The van der Waals surface area contributed by atoms with Crippen LogP contribution in [-0.2, 0) is 18.9 Å². The lowest BCUT2D eigenvalue weighted by Gasteiger charge is -2.16. The van der Waals surface area contributed by atoms with Crippen LogP contribution in [0.4, 0.5) is 5.82 Å². The molecule has 0 saturated heterocycles. The molecule has 0 bridgehead atoms. The fourth-order valence-electron chi connectivity index (χ4n) is 1.99. The zero-order valence-corrected chi connectivity index (χ0v) is 10.8. The van der Waals surface area contributed by atoms with Crippen molar-refractivity contribution in [2.75, 3.05) is 5.32 Å². The van der Waals surface area contributed by atoms with Crippen molar-refractivity contribution in [1.82, 2.24) is 14.3 Å². The molecule has 1 unspecified atom stereocenters. The first kappa shape index (κ1) is 13.3. The van der Waals surface area contributed by atoms with Crippen LogP contribution in [0.25, 0.3) is 0 Å². The smallest absolute Gasteiger partial charge is 0.346 e. The summed E-state index contributed by atoms with van der Waals surface area (Å²) in [6, 6.07) is -0.324. The number of carboxylic acids is 1. The second kappa shape index (κ2) is 4.87. The number of nitrogens with one attached hydrogen (secondary N) is 1. The number of aliphatic carboxylic acids is 1. The van der Waals surface area contributed by atoms with Crippen molar-refractivity contribution in [1.29, 1.82) is 0 Å². The fourth-order valence-corrected chi connectivity index (χ4v) is 1.99. The fraction of sp³-hybridized carbons (Fsp3) is 0.636. The lowest BCUT2D eigenvalue weighted by Crippen LogP contribution is -2.41.